The van der Waals surface area contributed by atoms with Crippen LogP contribution in [-0.2, 0) is 19.0 Å². The summed E-state index contributed by atoms with van der Waals surface area (Å²) in [7, 11) is 4.37. The topological polar surface area (TPSA) is 76.4 Å². The molecular formula is C17H20O7. The van der Waals surface area contributed by atoms with Gasteiger partial charge in [0.25, 0.3) is 0 Å². The van der Waals surface area contributed by atoms with Crippen molar-refractivity contribution in [3.8, 4) is 11.5 Å². The number of carbonyl (C=O) groups excluding carboxylic acids is 1. The maximum Gasteiger partial charge on any atom is 0.320 e. The first kappa shape index (κ1) is 17.8. The minimum atomic E-state index is -0.735. The molecule has 0 radical (unpaired) electrons. The Bertz CT molecular complexity index is 610. The molecule has 0 aliphatic heterocycles. The fourth-order valence-corrected chi connectivity index (χ4v) is 2.17. The van der Waals surface area contributed by atoms with E-state index in [4.69, 9.17) is 28.1 Å². The van der Waals surface area contributed by atoms with E-state index in [1.54, 1.807) is 30.3 Å². The van der Waals surface area contributed by atoms with Crippen LogP contribution in [0.4, 0.5) is 0 Å². The average Bonchev–Trinajstić information content (AvgIpc) is 3.12. The Labute approximate surface area is 140 Å². The molecule has 2 rings (SSSR count). The molecule has 0 aliphatic carbocycles. The van der Waals surface area contributed by atoms with E-state index in [1.807, 2.05) is 0 Å². The predicted molar refractivity (Wildman–Crippen MR) is 84.0 cm³/mol. The zero-order valence-corrected chi connectivity index (χ0v) is 13.8. The van der Waals surface area contributed by atoms with E-state index in [0.717, 1.165) is 0 Å². The molecule has 1 atom stereocenters. The summed E-state index contributed by atoms with van der Waals surface area (Å²) in [5, 5.41) is 0. The first-order chi connectivity index (χ1) is 11.7. The molecule has 0 amide bonds. The Morgan fingerprint density at radius 1 is 1.04 bits per heavy atom. The number of hydrogen-bond donors (Lipinski definition) is 0. The molecule has 1 aromatic heterocycles. The van der Waals surface area contributed by atoms with Gasteiger partial charge in [-0.05, 0) is 29.8 Å². The van der Waals surface area contributed by atoms with Gasteiger partial charge in [0.05, 0.1) is 13.4 Å². The second kappa shape index (κ2) is 8.95. The van der Waals surface area contributed by atoms with Gasteiger partial charge in [0, 0.05) is 20.3 Å². The molecule has 0 spiro atoms. The van der Waals surface area contributed by atoms with Crippen LogP contribution in [-0.4, -0.2) is 40.9 Å². The van der Waals surface area contributed by atoms with E-state index >= 15 is 0 Å². The van der Waals surface area contributed by atoms with Crippen LogP contribution in [0.5, 0.6) is 11.5 Å². The lowest BCUT2D eigenvalue weighted by Crippen LogP contribution is -2.15. The van der Waals surface area contributed by atoms with Crippen LogP contribution >= 0.6 is 0 Å². The summed E-state index contributed by atoms with van der Waals surface area (Å²) in [6.07, 6.45) is 1.50. The third-order valence-electron chi connectivity index (χ3n) is 3.19. The number of hydrogen-bond acceptors (Lipinski definition) is 7. The second-order valence-corrected chi connectivity index (χ2v) is 4.81. The monoisotopic (exact) mass is 336 g/mol. The first-order valence-corrected chi connectivity index (χ1v) is 7.19. The number of rotatable bonds is 9. The SMILES string of the molecule is COCOc1cc(OCOC)cc(C(C(=O)OC)c2ccco2)c1. The van der Waals surface area contributed by atoms with Crippen LogP contribution < -0.4 is 9.47 Å². The molecule has 24 heavy (non-hydrogen) atoms. The van der Waals surface area contributed by atoms with Gasteiger partial charge in [-0.25, -0.2) is 0 Å². The van der Waals surface area contributed by atoms with Crippen LogP contribution in [0.3, 0.4) is 0 Å². The minimum Gasteiger partial charge on any atom is -0.468 e. The van der Waals surface area contributed by atoms with Crippen molar-refractivity contribution in [3.63, 3.8) is 0 Å². The third kappa shape index (κ3) is 4.50. The highest BCUT2D eigenvalue weighted by atomic mass is 16.7. The molecule has 1 unspecified atom stereocenters. The lowest BCUT2D eigenvalue weighted by molar-refractivity contribution is -0.141. The molecule has 7 nitrogen and oxygen atoms in total. The van der Waals surface area contributed by atoms with E-state index < -0.39 is 11.9 Å². The van der Waals surface area contributed by atoms with Crippen LogP contribution in [0.2, 0.25) is 0 Å². The number of ether oxygens (including phenoxy) is 5. The molecule has 130 valence electrons. The van der Waals surface area contributed by atoms with E-state index in [-0.39, 0.29) is 13.6 Å². The molecule has 0 fully saturated rings. The maximum absolute atomic E-state index is 12.2. The number of esters is 1. The van der Waals surface area contributed by atoms with Crippen LogP contribution in [0.15, 0.2) is 41.0 Å². The highest BCUT2D eigenvalue weighted by molar-refractivity contribution is 5.81. The van der Waals surface area contributed by atoms with Crippen molar-refractivity contribution in [2.24, 2.45) is 0 Å². The molecule has 0 saturated carbocycles. The highest BCUT2D eigenvalue weighted by Crippen LogP contribution is 2.33. The predicted octanol–water partition coefficient (Wildman–Crippen LogP) is 2.55. The summed E-state index contributed by atoms with van der Waals surface area (Å²) < 4.78 is 31.0. The van der Waals surface area contributed by atoms with Crippen molar-refractivity contribution >= 4 is 5.97 Å². The van der Waals surface area contributed by atoms with Crippen molar-refractivity contribution < 1.29 is 32.9 Å². The van der Waals surface area contributed by atoms with Gasteiger partial charge in [0.2, 0.25) is 0 Å². The smallest absolute Gasteiger partial charge is 0.320 e. The van der Waals surface area contributed by atoms with Gasteiger partial charge in [-0.15, -0.1) is 0 Å². The zero-order valence-electron chi connectivity index (χ0n) is 13.8. The van der Waals surface area contributed by atoms with Gasteiger partial charge in [-0.2, -0.15) is 0 Å². The summed E-state index contributed by atoms with van der Waals surface area (Å²) in [6.45, 7) is 0.133. The summed E-state index contributed by atoms with van der Waals surface area (Å²) in [4.78, 5) is 12.2. The van der Waals surface area contributed by atoms with E-state index in [0.29, 0.717) is 22.8 Å². The van der Waals surface area contributed by atoms with Gasteiger partial charge in [0.1, 0.15) is 23.2 Å². The van der Waals surface area contributed by atoms with Crippen LogP contribution in [0.1, 0.15) is 17.2 Å². The van der Waals surface area contributed by atoms with Gasteiger partial charge in [0.15, 0.2) is 13.6 Å². The minimum absolute atomic E-state index is 0.0663. The molecule has 1 aromatic carbocycles. The lowest BCUT2D eigenvalue weighted by Gasteiger charge is -2.16. The van der Waals surface area contributed by atoms with Gasteiger partial charge in [-0.3, -0.25) is 4.79 Å². The molecule has 2 aromatic rings. The first-order valence-electron chi connectivity index (χ1n) is 7.19. The number of benzene rings is 1. The fourth-order valence-electron chi connectivity index (χ4n) is 2.17. The van der Waals surface area contributed by atoms with Crippen molar-refractivity contribution in [2.75, 3.05) is 34.9 Å². The Balaban J connectivity index is 2.41. The molecule has 7 heteroatoms. The summed E-state index contributed by atoms with van der Waals surface area (Å²) in [6, 6.07) is 8.52. The fraction of sp³-hybridized carbons (Fsp3) is 0.353. The summed E-state index contributed by atoms with van der Waals surface area (Å²) in [5.41, 5.74) is 0.608. The molecule has 1 heterocycles. The standard InChI is InChI=1S/C17H20O7/c1-19-10-23-13-7-12(8-14(9-13)24-11-20-2)16(17(18)21-3)15-5-4-6-22-15/h4-9,16H,10-11H2,1-3H3. The lowest BCUT2D eigenvalue weighted by atomic mass is 9.96. The maximum atomic E-state index is 12.2. The Morgan fingerprint density at radius 2 is 1.67 bits per heavy atom. The highest BCUT2D eigenvalue weighted by Gasteiger charge is 2.27. The number of furan rings is 1. The number of carbonyl (C=O) groups is 1. The third-order valence-corrected chi connectivity index (χ3v) is 3.19. The van der Waals surface area contributed by atoms with Crippen molar-refractivity contribution in [3.05, 3.63) is 47.9 Å². The average molecular weight is 336 g/mol. The Hall–Kier alpha value is -2.51. The largest absolute Gasteiger partial charge is 0.468 e. The Morgan fingerprint density at radius 3 is 2.12 bits per heavy atom. The molecule has 0 aliphatic rings. The molecule has 0 N–H and O–H groups in total. The van der Waals surface area contributed by atoms with Gasteiger partial charge < -0.3 is 28.1 Å². The summed E-state index contributed by atoms with van der Waals surface area (Å²) in [5.74, 6) is 0.248. The normalized spacial score (nSPS) is 11.8. The molecule has 0 bridgehead atoms. The van der Waals surface area contributed by atoms with Crippen molar-refractivity contribution in [1.82, 2.24) is 0 Å². The second-order valence-electron chi connectivity index (χ2n) is 4.81. The van der Waals surface area contributed by atoms with E-state index in [1.165, 1.54) is 27.6 Å². The van der Waals surface area contributed by atoms with E-state index in [2.05, 4.69) is 0 Å². The van der Waals surface area contributed by atoms with Crippen LogP contribution in [0.25, 0.3) is 0 Å². The summed E-state index contributed by atoms with van der Waals surface area (Å²) >= 11 is 0. The van der Waals surface area contributed by atoms with Gasteiger partial charge >= 0.3 is 5.97 Å². The molecular weight excluding hydrogens is 316 g/mol. The quantitative estimate of drug-likeness (QED) is 0.514. The van der Waals surface area contributed by atoms with Crippen molar-refractivity contribution in [2.45, 2.75) is 5.92 Å². The molecule has 0 saturated heterocycles. The van der Waals surface area contributed by atoms with Gasteiger partial charge in [-0.1, -0.05) is 0 Å². The van der Waals surface area contributed by atoms with E-state index in [9.17, 15) is 4.79 Å². The Kier molecular flexibility index (Phi) is 6.65. The number of methoxy groups -OCH3 is 3. The van der Waals surface area contributed by atoms with Crippen molar-refractivity contribution in [1.29, 1.82) is 0 Å². The van der Waals surface area contributed by atoms with Crippen LogP contribution in [0, 0.1) is 0 Å². The zero-order chi connectivity index (χ0) is 17.4.